The Labute approximate surface area is 137 Å². The van der Waals surface area contributed by atoms with Gasteiger partial charge in [0.05, 0.1) is 10.2 Å². The summed E-state index contributed by atoms with van der Waals surface area (Å²) in [5, 5.41) is 0. The molecule has 0 unspecified atom stereocenters. The number of sulfonamides is 1. The fourth-order valence-corrected chi connectivity index (χ4v) is 3.43. The highest BCUT2D eigenvalue weighted by molar-refractivity contribution is 9.10. The minimum absolute atomic E-state index is 0.0247. The largest absolute Gasteiger partial charge is 0.307 e. The highest BCUT2D eigenvalue weighted by Crippen LogP contribution is 2.26. The van der Waals surface area contributed by atoms with Crippen molar-refractivity contribution in [3.63, 3.8) is 0 Å². The van der Waals surface area contributed by atoms with Gasteiger partial charge in [0.1, 0.15) is 10.7 Å². The Hall–Kier alpha value is -1.23. The van der Waals surface area contributed by atoms with E-state index < -0.39 is 15.8 Å². The van der Waals surface area contributed by atoms with E-state index in [2.05, 4.69) is 47.0 Å². The summed E-state index contributed by atoms with van der Waals surface area (Å²) in [5.41, 5.74) is 2.28. The van der Waals surface area contributed by atoms with Crippen molar-refractivity contribution in [2.75, 3.05) is 10.1 Å². The first kappa shape index (κ1) is 16.1. The summed E-state index contributed by atoms with van der Waals surface area (Å²) in [7, 11) is -3.98. The molecule has 0 saturated heterocycles. The monoisotopic (exact) mass is 438 g/mol. The number of anilines is 2. The first-order valence-electron chi connectivity index (χ1n) is 5.43. The van der Waals surface area contributed by atoms with Gasteiger partial charge in [0.15, 0.2) is 5.82 Å². The van der Waals surface area contributed by atoms with Crippen LogP contribution < -0.4 is 16.0 Å². The van der Waals surface area contributed by atoms with Crippen molar-refractivity contribution >= 4 is 53.4 Å². The predicted octanol–water partition coefficient (Wildman–Crippen LogP) is 2.83. The number of nitrogens with two attached hydrogens (primary N) is 1. The molecule has 0 aliphatic rings. The lowest BCUT2D eigenvalue weighted by atomic mass is 10.3. The molecule has 21 heavy (non-hydrogen) atoms. The van der Waals surface area contributed by atoms with Crippen molar-refractivity contribution < 1.29 is 12.8 Å². The maximum Gasteiger partial charge on any atom is 0.265 e. The molecule has 0 atom stereocenters. The van der Waals surface area contributed by atoms with E-state index in [4.69, 9.17) is 5.84 Å². The Balaban J connectivity index is 2.42. The van der Waals surface area contributed by atoms with E-state index in [1.807, 2.05) is 0 Å². The van der Waals surface area contributed by atoms with E-state index in [1.165, 1.54) is 24.4 Å². The van der Waals surface area contributed by atoms with Gasteiger partial charge in [0.2, 0.25) is 0 Å². The van der Waals surface area contributed by atoms with E-state index in [0.29, 0.717) is 4.47 Å². The second-order valence-electron chi connectivity index (χ2n) is 3.88. The molecule has 2 rings (SSSR count). The Morgan fingerprint density at radius 1 is 1.24 bits per heavy atom. The Kier molecular flexibility index (Phi) is 4.81. The minimum Gasteiger partial charge on any atom is -0.307 e. The van der Waals surface area contributed by atoms with E-state index in [0.717, 1.165) is 6.07 Å². The van der Waals surface area contributed by atoms with Crippen molar-refractivity contribution in [1.82, 2.24) is 4.98 Å². The summed E-state index contributed by atoms with van der Waals surface area (Å²) < 4.78 is 41.0. The molecule has 0 fully saturated rings. The second kappa shape index (κ2) is 6.26. The van der Waals surface area contributed by atoms with Crippen molar-refractivity contribution in [3.8, 4) is 0 Å². The standard InChI is InChI=1S/C11H9Br2FN4O2S/c12-6-3-10(11(17-15)16-5-6)21(19,20)18-7-1-2-8(13)9(14)4-7/h1-5,18H,15H2,(H,16,17). The normalized spacial score (nSPS) is 11.2. The molecule has 1 aromatic carbocycles. The van der Waals surface area contributed by atoms with Gasteiger partial charge >= 0.3 is 0 Å². The maximum absolute atomic E-state index is 13.4. The molecule has 112 valence electrons. The van der Waals surface area contributed by atoms with Crippen LogP contribution >= 0.6 is 31.9 Å². The fourth-order valence-electron chi connectivity index (χ4n) is 1.50. The van der Waals surface area contributed by atoms with Gasteiger partial charge < -0.3 is 5.43 Å². The van der Waals surface area contributed by atoms with E-state index >= 15 is 0 Å². The molecule has 0 saturated carbocycles. The molecule has 0 spiro atoms. The number of nitrogen functional groups attached to an aromatic ring is 1. The van der Waals surface area contributed by atoms with Crippen LogP contribution in [0, 0.1) is 5.82 Å². The highest BCUT2D eigenvalue weighted by Gasteiger charge is 2.20. The molecule has 0 aliphatic heterocycles. The van der Waals surface area contributed by atoms with E-state index in [1.54, 1.807) is 0 Å². The summed E-state index contributed by atoms with van der Waals surface area (Å²) in [6.07, 6.45) is 1.40. The van der Waals surface area contributed by atoms with Gasteiger partial charge in [-0.25, -0.2) is 23.6 Å². The van der Waals surface area contributed by atoms with Gasteiger partial charge in [0, 0.05) is 10.7 Å². The third-order valence-corrected chi connectivity index (χ3v) is 4.89. The second-order valence-corrected chi connectivity index (χ2v) is 7.30. The Morgan fingerprint density at radius 2 is 1.95 bits per heavy atom. The van der Waals surface area contributed by atoms with Crippen LogP contribution in [0.4, 0.5) is 15.9 Å². The van der Waals surface area contributed by atoms with Crippen LogP contribution in [-0.2, 0) is 10.0 Å². The number of rotatable bonds is 4. The molecule has 0 bridgehead atoms. The predicted molar refractivity (Wildman–Crippen MR) is 84.7 cm³/mol. The van der Waals surface area contributed by atoms with Crippen molar-refractivity contribution in [1.29, 1.82) is 0 Å². The average molecular weight is 440 g/mol. The summed E-state index contributed by atoms with van der Waals surface area (Å²) in [6, 6.07) is 5.21. The quantitative estimate of drug-likeness (QED) is 0.502. The van der Waals surface area contributed by atoms with Gasteiger partial charge in [-0.1, -0.05) is 0 Å². The highest BCUT2D eigenvalue weighted by atomic mass is 79.9. The lowest BCUT2D eigenvalue weighted by Gasteiger charge is -2.11. The minimum atomic E-state index is -3.98. The zero-order valence-corrected chi connectivity index (χ0v) is 14.3. The number of hydrogen-bond acceptors (Lipinski definition) is 5. The van der Waals surface area contributed by atoms with Gasteiger partial charge in [-0.2, -0.15) is 0 Å². The fraction of sp³-hybridized carbons (Fsp3) is 0. The van der Waals surface area contributed by atoms with Crippen LogP contribution in [0.3, 0.4) is 0 Å². The number of pyridine rings is 1. The molecule has 4 N–H and O–H groups in total. The van der Waals surface area contributed by atoms with Crippen LogP contribution in [0.5, 0.6) is 0 Å². The number of benzene rings is 1. The average Bonchev–Trinajstić information content (AvgIpc) is 2.42. The van der Waals surface area contributed by atoms with Crippen molar-refractivity contribution in [2.24, 2.45) is 5.84 Å². The first-order chi connectivity index (χ1) is 9.83. The summed E-state index contributed by atoms with van der Waals surface area (Å²) in [6.45, 7) is 0. The zero-order valence-electron chi connectivity index (χ0n) is 10.3. The zero-order chi connectivity index (χ0) is 15.6. The van der Waals surface area contributed by atoms with Gasteiger partial charge in [-0.05, 0) is 56.1 Å². The SMILES string of the molecule is NNc1ncc(Br)cc1S(=O)(=O)Nc1ccc(Br)c(F)c1. The summed E-state index contributed by atoms with van der Waals surface area (Å²) in [5.74, 6) is 4.64. The molecular weight excluding hydrogens is 431 g/mol. The number of hydrogen-bond donors (Lipinski definition) is 3. The molecular formula is C11H9Br2FN4O2S. The number of aromatic nitrogens is 1. The molecule has 0 amide bonds. The maximum atomic E-state index is 13.4. The molecule has 1 heterocycles. The van der Waals surface area contributed by atoms with Crippen molar-refractivity contribution in [3.05, 3.63) is 45.2 Å². The topological polar surface area (TPSA) is 97.1 Å². The van der Waals surface area contributed by atoms with E-state index in [-0.39, 0.29) is 20.9 Å². The van der Waals surface area contributed by atoms with Crippen LogP contribution in [-0.4, -0.2) is 13.4 Å². The molecule has 0 radical (unpaired) electrons. The lowest BCUT2D eigenvalue weighted by molar-refractivity contribution is 0.601. The van der Waals surface area contributed by atoms with Gasteiger partial charge in [0.25, 0.3) is 10.0 Å². The smallest absolute Gasteiger partial charge is 0.265 e. The molecule has 2 aromatic rings. The first-order valence-corrected chi connectivity index (χ1v) is 8.50. The lowest BCUT2D eigenvalue weighted by Crippen LogP contribution is -2.18. The van der Waals surface area contributed by atoms with Crippen molar-refractivity contribution in [2.45, 2.75) is 4.90 Å². The Bertz CT molecular complexity index is 786. The number of nitrogens with zero attached hydrogens (tertiary/aromatic N) is 1. The van der Waals surface area contributed by atoms with Gasteiger partial charge in [-0.3, -0.25) is 4.72 Å². The van der Waals surface area contributed by atoms with Crippen LogP contribution in [0.15, 0.2) is 44.3 Å². The third-order valence-electron chi connectivity index (χ3n) is 2.42. The number of halogens is 3. The molecule has 10 heteroatoms. The number of nitrogens with one attached hydrogen (secondary N) is 2. The molecule has 6 nitrogen and oxygen atoms in total. The van der Waals surface area contributed by atoms with E-state index in [9.17, 15) is 12.8 Å². The van der Waals surface area contributed by atoms with Crippen LogP contribution in [0.25, 0.3) is 0 Å². The third kappa shape index (κ3) is 3.70. The summed E-state index contributed by atoms with van der Waals surface area (Å²) >= 11 is 6.13. The Morgan fingerprint density at radius 3 is 2.57 bits per heavy atom. The molecule has 0 aliphatic carbocycles. The summed E-state index contributed by atoms with van der Waals surface area (Å²) in [4.78, 5) is 3.69. The molecule has 1 aromatic heterocycles. The van der Waals surface area contributed by atoms with Crippen LogP contribution in [0.2, 0.25) is 0 Å². The van der Waals surface area contributed by atoms with Gasteiger partial charge in [-0.15, -0.1) is 0 Å². The van der Waals surface area contributed by atoms with Crippen LogP contribution in [0.1, 0.15) is 0 Å². The number of hydrazine groups is 1.